The lowest BCUT2D eigenvalue weighted by Crippen LogP contribution is -2.39. The van der Waals surface area contributed by atoms with Crippen LogP contribution in [0.25, 0.3) is 20.4 Å². The lowest BCUT2D eigenvalue weighted by Gasteiger charge is -2.33. The fourth-order valence-electron chi connectivity index (χ4n) is 4.45. The van der Waals surface area contributed by atoms with Crippen molar-refractivity contribution in [2.24, 2.45) is 0 Å². The van der Waals surface area contributed by atoms with Gasteiger partial charge in [0, 0.05) is 49.2 Å². The average Bonchev–Trinajstić information content (AvgIpc) is 3.13. The largest absolute Gasteiger partial charge is 0.379 e. The van der Waals surface area contributed by atoms with Gasteiger partial charge in [-0.2, -0.15) is 0 Å². The van der Waals surface area contributed by atoms with E-state index in [1.807, 2.05) is 0 Å². The topological polar surface area (TPSA) is 72.4 Å². The maximum absolute atomic E-state index is 6.11. The maximum Gasteiger partial charge on any atom is 0.147 e. The zero-order chi connectivity index (χ0) is 20.7. The molecule has 0 aliphatic carbocycles. The highest BCUT2D eigenvalue weighted by molar-refractivity contribution is 7.26. The third-order valence-electron chi connectivity index (χ3n) is 6.07. The van der Waals surface area contributed by atoms with Gasteiger partial charge < -0.3 is 14.8 Å². The van der Waals surface area contributed by atoms with Crippen LogP contribution in [0.3, 0.4) is 0 Å². The van der Waals surface area contributed by atoms with Crippen molar-refractivity contribution >= 4 is 37.6 Å². The van der Waals surface area contributed by atoms with Crippen molar-refractivity contribution in [3.8, 4) is 0 Å². The molecular weight excluding hydrogens is 398 g/mol. The molecule has 8 heteroatoms. The van der Waals surface area contributed by atoms with E-state index >= 15 is 0 Å². The molecule has 160 valence electrons. The number of aryl methyl sites for hydroxylation is 1. The van der Waals surface area contributed by atoms with Crippen LogP contribution in [-0.2, 0) is 28.9 Å². The second kappa shape index (κ2) is 8.00. The molecule has 2 aliphatic rings. The number of pyridine rings is 1. The monoisotopic (exact) mass is 427 g/mol. The zero-order valence-corrected chi connectivity index (χ0v) is 18.8. The molecular formula is C22H29N5O2S. The number of anilines is 1. The van der Waals surface area contributed by atoms with E-state index in [4.69, 9.17) is 19.4 Å². The van der Waals surface area contributed by atoms with Gasteiger partial charge in [0.25, 0.3) is 0 Å². The predicted molar refractivity (Wildman–Crippen MR) is 120 cm³/mol. The molecule has 5 rings (SSSR count). The van der Waals surface area contributed by atoms with E-state index in [-0.39, 0.29) is 5.60 Å². The van der Waals surface area contributed by atoms with Gasteiger partial charge >= 0.3 is 0 Å². The smallest absolute Gasteiger partial charge is 0.147 e. The average molecular weight is 428 g/mol. The number of morpholine rings is 1. The summed E-state index contributed by atoms with van der Waals surface area (Å²) >= 11 is 1.70. The summed E-state index contributed by atoms with van der Waals surface area (Å²) in [6, 6.07) is 0. The van der Waals surface area contributed by atoms with Crippen molar-refractivity contribution in [2.45, 2.75) is 45.8 Å². The van der Waals surface area contributed by atoms with Crippen molar-refractivity contribution < 1.29 is 9.47 Å². The summed E-state index contributed by atoms with van der Waals surface area (Å²) in [4.78, 5) is 17.7. The van der Waals surface area contributed by atoms with Gasteiger partial charge in [0.15, 0.2) is 0 Å². The van der Waals surface area contributed by atoms with Crippen molar-refractivity contribution in [1.82, 2.24) is 19.9 Å². The van der Waals surface area contributed by atoms with Crippen molar-refractivity contribution in [3.05, 3.63) is 23.1 Å². The lowest BCUT2D eigenvalue weighted by molar-refractivity contribution is -0.0401. The van der Waals surface area contributed by atoms with E-state index in [0.29, 0.717) is 6.61 Å². The van der Waals surface area contributed by atoms with Crippen LogP contribution in [0.4, 0.5) is 5.82 Å². The summed E-state index contributed by atoms with van der Waals surface area (Å²) in [5, 5.41) is 4.74. The van der Waals surface area contributed by atoms with E-state index in [0.717, 1.165) is 78.8 Å². The maximum atomic E-state index is 6.11. The summed E-state index contributed by atoms with van der Waals surface area (Å²) in [5.41, 5.74) is 4.60. The van der Waals surface area contributed by atoms with Gasteiger partial charge in [0.2, 0.25) is 0 Å². The number of hydrogen-bond acceptors (Lipinski definition) is 8. The molecule has 1 saturated heterocycles. The Balaban J connectivity index is 1.52. The Hall–Kier alpha value is -1.87. The van der Waals surface area contributed by atoms with Gasteiger partial charge in [-0.15, -0.1) is 11.3 Å². The minimum Gasteiger partial charge on any atom is -0.379 e. The normalized spacial score (nSPS) is 19.3. The first kappa shape index (κ1) is 20.1. The van der Waals surface area contributed by atoms with E-state index < -0.39 is 0 Å². The Morgan fingerprint density at radius 3 is 2.83 bits per heavy atom. The molecule has 5 heterocycles. The molecule has 0 saturated carbocycles. The minimum absolute atomic E-state index is 0.174. The lowest BCUT2D eigenvalue weighted by atomic mass is 9.89. The second-order valence-electron chi connectivity index (χ2n) is 8.66. The van der Waals surface area contributed by atoms with E-state index in [1.165, 1.54) is 16.5 Å². The van der Waals surface area contributed by atoms with Crippen molar-refractivity contribution in [2.75, 3.05) is 44.7 Å². The molecule has 0 radical (unpaired) electrons. The quantitative estimate of drug-likeness (QED) is 0.669. The molecule has 0 bridgehead atoms. The van der Waals surface area contributed by atoms with Crippen LogP contribution in [0.1, 0.15) is 37.6 Å². The number of aromatic nitrogens is 3. The van der Waals surface area contributed by atoms with Crippen LogP contribution in [0, 0.1) is 0 Å². The Morgan fingerprint density at radius 1 is 1.20 bits per heavy atom. The summed E-state index contributed by atoms with van der Waals surface area (Å²) in [5.74, 6) is 0.911. The number of thiophene rings is 1. The summed E-state index contributed by atoms with van der Waals surface area (Å²) in [6.45, 7) is 12.6. The number of nitrogens with zero attached hydrogens (tertiary/aromatic N) is 4. The second-order valence-corrected chi connectivity index (χ2v) is 9.66. The molecule has 0 aromatic carbocycles. The Bertz CT molecular complexity index is 1070. The van der Waals surface area contributed by atoms with Gasteiger partial charge in [-0.3, -0.25) is 4.90 Å². The van der Waals surface area contributed by atoms with Gasteiger partial charge in [-0.05, 0) is 25.8 Å². The third-order valence-corrected chi connectivity index (χ3v) is 7.15. The highest BCUT2D eigenvalue weighted by Gasteiger charge is 2.31. The summed E-state index contributed by atoms with van der Waals surface area (Å²) in [6.07, 6.45) is 3.47. The van der Waals surface area contributed by atoms with E-state index in [9.17, 15) is 0 Å². The number of fused-ring (bicyclic) bond motifs is 5. The Kier molecular flexibility index (Phi) is 5.35. The van der Waals surface area contributed by atoms with Crippen LogP contribution >= 0.6 is 11.3 Å². The van der Waals surface area contributed by atoms with Crippen LogP contribution in [-0.4, -0.2) is 64.8 Å². The zero-order valence-electron chi connectivity index (χ0n) is 18.0. The minimum atomic E-state index is -0.174. The fraction of sp³-hybridized carbons (Fsp3) is 0.591. The number of rotatable bonds is 5. The first-order chi connectivity index (χ1) is 14.6. The van der Waals surface area contributed by atoms with Gasteiger partial charge in [0.05, 0.1) is 35.6 Å². The molecule has 3 aromatic heterocycles. The highest BCUT2D eigenvalue weighted by Crippen LogP contribution is 2.42. The molecule has 0 unspecified atom stereocenters. The molecule has 3 aromatic rings. The van der Waals surface area contributed by atoms with Crippen LogP contribution in [0.5, 0.6) is 0 Å². The first-order valence-electron chi connectivity index (χ1n) is 10.8. The predicted octanol–water partition coefficient (Wildman–Crippen LogP) is 3.40. The van der Waals surface area contributed by atoms with Crippen molar-refractivity contribution in [1.29, 1.82) is 0 Å². The molecule has 7 nitrogen and oxygen atoms in total. The molecule has 30 heavy (non-hydrogen) atoms. The van der Waals surface area contributed by atoms with E-state index in [1.54, 1.807) is 17.7 Å². The molecule has 0 spiro atoms. The first-order valence-corrected chi connectivity index (χ1v) is 11.6. The standard InChI is InChI=1S/C22H29N5O2S/c1-4-16-15-12-29-22(2,3)11-14(15)17-18-19(30-21(17)26-16)20(25-13-24-18)23-5-6-27-7-9-28-10-8-27/h13H,4-12H2,1-3H3,(H,23,24,25). The molecule has 0 amide bonds. The Morgan fingerprint density at radius 2 is 2.03 bits per heavy atom. The summed E-state index contributed by atoms with van der Waals surface area (Å²) < 4.78 is 12.6. The number of hydrogen-bond donors (Lipinski definition) is 1. The van der Waals surface area contributed by atoms with Crippen LogP contribution in [0.15, 0.2) is 6.33 Å². The van der Waals surface area contributed by atoms with Gasteiger partial charge in [0.1, 0.15) is 17.0 Å². The summed E-state index contributed by atoms with van der Waals surface area (Å²) in [7, 11) is 0. The van der Waals surface area contributed by atoms with Crippen molar-refractivity contribution in [3.63, 3.8) is 0 Å². The third kappa shape index (κ3) is 3.66. The van der Waals surface area contributed by atoms with Gasteiger partial charge in [-0.25, -0.2) is 15.0 Å². The number of ether oxygens (including phenoxy) is 2. The van der Waals surface area contributed by atoms with Gasteiger partial charge in [-0.1, -0.05) is 6.92 Å². The highest BCUT2D eigenvalue weighted by atomic mass is 32.1. The van der Waals surface area contributed by atoms with Crippen LogP contribution in [0.2, 0.25) is 0 Å². The Labute approximate surface area is 180 Å². The SMILES string of the molecule is CCc1nc2sc3c(NCCN4CCOCC4)ncnc3c2c2c1COC(C)(C)C2. The number of nitrogens with one attached hydrogen (secondary N) is 1. The fourth-order valence-corrected chi connectivity index (χ4v) is 5.59. The molecule has 2 aliphatic heterocycles. The molecule has 1 fully saturated rings. The van der Waals surface area contributed by atoms with E-state index in [2.05, 4.69) is 36.0 Å². The van der Waals surface area contributed by atoms with Crippen LogP contribution < -0.4 is 5.32 Å². The molecule has 0 atom stereocenters. The molecule has 1 N–H and O–H groups in total.